The zero-order valence-electron chi connectivity index (χ0n) is 19.0. The fourth-order valence-electron chi connectivity index (χ4n) is 4.05. The van der Waals surface area contributed by atoms with E-state index < -0.39 is 33.4 Å². The Balaban J connectivity index is 1.76. The number of rotatable bonds is 7. The molecule has 184 valence electrons. The van der Waals surface area contributed by atoms with Crippen LogP contribution in [0.3, 0.4) is 0 Å². The van der Waals surface area contributed by atoms with Gasteiger partial charge in [0.1, 0.15) is 16.5 Å². The highest BCUT2D eigenvalue weighted by Crippen LogP contribution is 2.36. The topological polar surface area (TPSA) is 113 Å². The fraction of sp³-hybridized carbons (Fsp3) is 0.333. The van der Waals surface area contributed by atoms with Crippen molar-refractivity contribution in [2.45, 2.75) is 31.6 Å². The average Bonchev–Trinajstić information content (AvgIpc) is 2.79. The van der Waals surface area contributed by atoms with Crippen LogP contribution in [0, 0.1) is 17.7 Å². The average molecular weight is 564 g/mol. The molecule has 35 heavy (non-hydrogen) atoms. The van der Waals surface area contributed by atoms with E-state index >= 15 is 0 Å². The van der Waals surface area contributed by atoms with E-state index in [1.807, 2.05) is 13.8 Å². The molecule has 8 nitrogen and oxygen atoms in total. The number of amidine groups is 1. The van der Waals surface area contributed by atoms with Crippen molar-refractivity contribution in [3.05, 3.63) is 53.3 Å². The highest BCUT2D eigenvalue weighted by atomic mass is 79.9. The number of hydrogen-bond acceptors (Lipinski definition) is 6. The normalized spacial score (nSPS) is 18.6. The number of amides is 1. The van der Waals surface area contributed by atoms with Crippen molar-refractivity contribution in [1.29, 1.82) is 0 Å². The Morgan fingerprint density at radius 2 is 1.94 bits per heavy atom. The van der Waals surface area contributed by atoms with Gasteiger partial charge in [-0.05, 0) is 48.7 Å². The SMILES string of the molecule is CC(C)CCN1C(=O)C(C2=NS(=O)(=O)c3cc(C(=O)CCBr)ccc3N2)C(=O)c2cc(F)ccc21. The first-order valence-electron chi connectivity index (χ1n) is 11.0. The Hall–Kier alpha value is -2.92. The van der Waals surface area contributed by atoms with Crippen LogP contribution in [0.15, 0.2) is 45.7 Å². The molecule has 1 N–H and O–H groups in total. The number of halogens is 2. The molecule has 4 rings (SSSR count). The van der Waals surface area contributed by atoms with Crippen molar-refractivity contribution in [2.24, 2.45) is 16.2 Å². The Kier molecular flexibility index (Phi) is 6.92. The van der Waals surface area contributed by atoms with Crippen molar-refractivity contribution in [3.63, 3.8) is 0 Å². The predicted molar refractivity (Wildman–Crippen MR) is 133 cm³/mol. The Morgan fingerprint density at radius 1 is 1.20 bits per heavy atom. The maximum absolute atomic E-state index is 14.0. The van der Waals surface area contributed by atoms with Gasteiger partial charge in [0.15, 0.2) is 17.5 Å². The summed E-state index contributed by atoms with van der Waals surface area (Å²) in [4.78, 5) is 40.2. The first-order chi connectivity index (χ1) is 16.5. The molecule has 0 aliphatic carbocycles. The second-order valence-corrected chi connectivity index (χ2v) is 11.1. The van der Waals surface area contributed by atoms with Crippen LogP contribution in [0.5, 0.6) is 0 Å². The third-order valence-corrected chi connectivity index (χ3v) is 7.60. The molecule has 0 saturated heterocycles. The van der Waals surface area contributed by atoms with Gasteiger partial charge in [-0.3, -0.25) is 14.4 Å². The molecule has 2 heterocycles. The molecule has 1 amide bonds. The molecule has 0 spiro atoms. The number of hydrogen-bond donors (Lipinski definition) is 1. The second kappa shape index (κ2) is 9.62. The van der Waals surface area contributed by atoms with Gasteiger partial charge in [0.2, 0.25) is 5.91 Å². The van der Waals surface area contributed by atoms with Gasteiger partial charge in [0.05, 0.1) is 11.4 Å². The maximum Gasteiger partial charge on any atom is 0.286 e. The highest BCUT2D eigenvalue weighted by molar-refractivity contribution is 9.09. The zero-order chi connectivity index (χ0) is 25.5. The molecule has 0 aromatic heterocycles. The number of Topliss-reactive ketones (excluding diaryl/α,β-unsaturated/α-hetero) is 2. The van der Waals surface area contributed by atoms with E-state index in [2.05, 4.69) is 25.6 Å². The van der Waals surface area contributed by atoms with Gasteiger partial charge >= 0.3 is 0 Å². The van der Waals surface area contributed by atoms with Crippen LogP contribution in [0.2, 0.25) is 0 Å². The first kappa shape index (κ1) is 25.2. The van der Waals surface area contributed by atoms with E-state index in [4.69, 9.17) is 0 Å². The maximum atomic E-state index is 14.0. The number of fused-ring (bicyclic) bond motifs is 2. The standard InChI is InChI=1S/C24H23BrFN3O5S/c1-13(2)8-10-29-18-6-4-15(26)12-16(18)22(31)21(24(29)32)23-27-17-5-3-14(19(30)7-9-25)11-20(17)35(33,34)28-23/h3-6,11-13,21H,7-10H2,1-2H3,(H,27,28). The molecule has 11 heteroatoms. The van der Waals surface area contributed by atoms with Crippen LogP contribution in [0.25, 0.3) is 0 Å². The quantitative estimate of drug-likeness (QED) is 0.307. The minimum Gasteiger partial charge on any atom is -0.341 e. The van der Waals surface area contributed by atoms with Gasteiger partial charge < -0.3 is 10.2 Å². The van der Waals surface area contributed by atoms with E-state index in [0.717, 1.165) is 6.07 Å². The summed E-state index contributed by atoms with van der Waals surface area (Å²) in [7, 11) is -4.32. The summed E-state index contributed by atoms with van der Waals surface area (Å²) < 4.78 is 43.8. The Bertz CT molecular complexity index is 1370. The number of carbonyl (C=O) groups excluding carboxylic acids is 3. The summed E-state index contributed by atoms with van der Waals surface area (Å²) in [5.74, 6) is -3.94. The molecule has 0 bridgehead atoms. The van der Waals surface area contributed by atoms with Gasteiger partial charge in [-0.15, -0.1) is 4.40 Å². The third-order valence-electron chi connectivity index (χ3n) is 5.88. The first-order valence-corrected chi connectivity index (χ1v) is 13.6. The summed E-state index contributed by atoms with van der Waals surface area (Å²) >= 11 is 3.18. The van der Waals surface area contributed by atoms with E-state index in [-0.39, 0.29) is 57.9 Å². The Morgan fingerprint density at radius 3 is 2.63 bits per heavy atom. The molecule has 0 fully saturated rings. The van der Waals surface area contributed by atoms with Gasteiger partial charge in [-0.1, -0.05) is 29.8 Å². The van der Waals surface area contributed by atoms with Crippen LogP contribution in [0.4, 0.5) is 15.8 Å². The lowest BCUT2D eigenvalue weighted by atomic mass is 9.88. The van der Waals surface area contributed by atoms with E-state index in [1.165, 1.54) is 35.2 Å². The van der Waals surface area contributed by atoms with Gasteiger partial charge in [0, 0.05) is 29.4 Å². The number of ketones is 2. The second-order valence-electron chi connectivity index (χ2n) is 8.78. The van der Waals surface area contributed by atoms with Crippen molar-refractivity contribution in [1.82, 2.24) is 0 Å². The minimum atomic E-state index is -4.32. The lowest BCUT2D eigenvalue weighted by Gasteiger charge is -2.35. The number of nitrogens with one attached hydrogen (secondary N) is 1. The number of nitrogens with zero attached hydrogens (tertiary/aromatic N) is 2. The largest absolute Gasteiger partial charge is 0.341 e. The summed E-state index contributed by atoms with van der Waals surface area (Å²) in [5, 5.41) is 3.23. The Labute approximate surface area is 210 Å². The lowest BCUT2D eigenvalue weighted by Crippen LogP contribution is -2.50. The smallest absolute Gasteiger partial charge is 0.286 e. The van der Waals surface area contributed by atoms with Gasteiger partial charge in [-0.25, -0.2) is 4.39 Å². The molecular formula is C24H23BrFN3O5S. The number of benzene rings is 2. The summed E-state index contributed by atoms with van der Waals surface area (Å²) in [6.07, 6.45) is 0.809. The van der Waals surface area contributed by atoms with Crippen LogP contribution < -0.4 is 10.2 Å². The molecule has 2 aromatic rings. The van der Waals surface area contributed by atoms with Crippen molar-refractivity contribution in [2.75, 3.05) is 22.1 Å². The highest BCUT2D eigenvalue weighted by Gasteiger charge is 2.45. The van der Waals surface area contributed by atoms with E-state index in [0.29, 0.717) is 11.8 Å². The number of alkyl halides is 1. The lowest BCUT2D eigenvalue weighted by molar-refractivity contribution is -0.119. The number of carbonyl (C=O) groups is 3. The van der Waals surface area contributed by atoms with Crippen molar-refractivity contribution in [3.8, 4) is 0 Å². The van der Waals surface area contributed by atoms with Gasteiger partial charge in [-0.2, -0.15) is 8.42 Å². The molecule has 2 aliphatic rings. The van der Waals surface area contributed by atoms with E-state index in [1.54, 1.807) is 0 Å². The van der Waals surface area contributed by atoms with Crippen LogP contribution in [-0.4, -0.2) is 43.6 Å². The zero-order valence-corrected chi connectivity index (χ0v) is 21.4. The predicted octanol–water partition coefficient (Wildman–Crippen LogP) is 4.20. The van der Waals surface area contributed by atoms with Crippen molar-refractivity contribution < 1.29 is 27.2 Å². The van der Waals surface area contributed by atoms with Crippen LogP contribution in [0.1, 0.15) is 47.4 Å². The molecule has 0 saturated carbocycles. The van der Waals surface area contributed by atoms with Crippen LogP contribution >= 0.6 is 15.9 Å². The molecule has 1 atom stereocenters. The number of sulfonamides is 1. The van der Waals surface area contributed by atoms with Crippen molar-refractivity contribution >= 4 is 60.6 Å². The fourth-order valence-corrected chi connectivity index (χ4v) is 5.59. The summed E-state index contributed by atoms with van der Waals surface area (Å²) in [5.41, 5.74) is 0.584. The third kappa shape index (κ3) is 4.79. The summed E-state index contributed by atoms with van der Waals surface area (Å²) in [6, 6.07) is 7.71. The summed E-state index contributed by atoms with van der Waals surface area (Å²) in [6.45, 7) is 4.24. The van der Waals surface area contributed by atoms with E-state index in [9.17, 15) is 27.2 Å². The molecule has 0 radical (unpaired) electrons. The molecule has 1 unspecified atom stereocenters. The van der Waals surface area contributed by atoms with Gasteiger partial charge in [0.25, 0.3) is 10.0 Å². The molecule has 2 aromatic carbocycles. The number of anilines is 2. The minimum absolute atomic E-state index is 0.0123. The molecular weight excluding hydrogens is 541 g/mol. The molecule has 2 aliphatic heterocycles. The van der Waals surface area contributed by atoms with Crippen LogP contribution in [-0.2, 0) is 14.8 Å². The monoisotopic (exact) mass is 563 g/mol.